The number of rotatable bonds is 2. The highest BCUT2D eigenvalue weighted by molar-refractivity contribution is 6.02. The van der Waals surface area contributed by atoms with Crippen LogP contribution in [0, 0.1) is 0 Å². The molecule has 110 valence electrons. The zero-order chi connectivity index (χ0) is 15.0. The molecule has 1 fully saturated rings. The van der Waals surface area contributed by atoms with Crippen molar-refractivity contribution < 1.29 is 14.6 Å². The molecule has 0 amide bonds. The maximum atomic E-state index is 11.4. The van der Waals surface area contributed by atoms with Crippen LogP contribution in [0.3, 0.4) is 0 Å². The smallest absolute Gasteiger partial charge is 0.336 e. The fraction of sp³-hybridized carbons (Fsp3) is 0.412. The Morgan fingerprint density at radius 1 is 1.38 bits per heavy atom. The van der Waals surface area contributed by atoms with E-state index in [2.05, 4.69) is 24.9 Å². The molecule has 4 heteroatoms. The van der Waals surface area contributed by atoms with E-state index in [0.717, 1.165) is 25.0 Å². The van der Waals surface area contributed by atoms with E-state index in [9.17, 15) is 9.90 Å². The summed E-state index contributed by atoms with van der Waals surface area (Å²) in [6.07, 6.45) is 3.46. The molecule has 0 radical (unpaired) electrons. The van der Waals surface area contributed by atoms with Gasteiger partial charge in [0.15, 0.2) is 0 Å². The summed E-state index contributed by atoms with van der Waals surface area (Å²) in [7, 11) is 0. The zero-order valence-corrected chi connectivity index (χ0v) is 12.3. The average molecular weight is 285 g/mol. The molecule has 1 aromatic carbocycles. The Morgan fingerprint density at radius 2 is 2.19 bits per heavy atom. The van der Waals surface area contributed by atoms with E-state index < -0.39 is 5.97 Å². The van der Waals surface area contributed by atoms with Crippen LogP contribution in [0.5, 0.6) is 0 Å². The first-order valence-electron chi connectivity index (χ1n) is 7.22. The molecule has 21 heavy (non-hydrogen) atoms. The lowest BCUT2D eigenvalue weighted by Crippen LogP contribution is -2.32. The molecule has 0 saturated carbocycles. The topological polar surface area (TPSA) is 59.4 Å². The molecule has 1 atom stereocenters. The summed E-state index contributed by atoms with van der Waals surface area (Å²) in [5.74, 6) is -0.508. The van der Waals surface area contributed by atoms with Gasteiger partial charge >= 0.3 is 5.97 Å². The van der Waals surface area contributed by atoms with E-state index in [1.807, 2.05) is 12.1 Å². The van der Waals surface area contributed by atoms with E-state index in [0.29, 0.717) is 16.9 Å². The van der Waals surface area contributed by atoms with Crippen molar-refractivity contribution in [1.82, 2.24) is 4.98 Å². The number of hydrogen-bond acceptors (Lipinski definition) is 3. The Hall–Kier alpha value is -1.94. The number of aromatic carboxylic acids is 1. The molecule has 0 bridgehead atoms. The number of benzene rings is 1. The summed E-state index contributed by atoms with van der Waals surface area (Å²) in [6.45, 7) is 4.95. The van der Waals surface area contributed by atoms with E-state index in [4.69, 9.17) is 4.74 Å². The van der Waals surface area contributed by atoms with Crippen LogP contribution in [-0.2, 0) is 4.74 Å². The monoisotopic (exact) mass is 285 g/mol. The predicted octanol–water partition coefficient (Wildman–Crippen LogP) is 3.61. The number of pyridine rings is 1. The molecule has 2 aromatic rings. The lowest BCUT2D eigenvalue weighted by Gasteiger charge is -2.35. The Balaban J connectivity index is 2.04. The minimum absolute atomic E-state index is 0.123. The first-order valence-corrected chi connectivity index (χ1v) is 7.22. The molecule has 1 aliphatic rings. The van der Waals surface area contributed by atoms with Gasteiger partial charge < -0.3 is 9.84 Å². The van der Waals surface area contributed by atoms with Crippen molar-refractivity contribution in [3.63, 3.8) is 0 Å². The highest BCUT2D eigenvalue weighted by Crippen LogP contribution is 2.36. The van der Waals surface area contributed by atoms with Gasteiger partial charge in [-0.1, -0.05) is 6.07 Å². The van der Waals surface area contributed by atoms with Gasteiger partial charge in [0.2, 0.25) is 0 Å². The highest BCUT2D eigenvalue weighted by Gasteiger charge is 2.29. The van der Waals surface area contributed by atoms with Gasteiger partial charge in [0.1, 0.15) is 0 Å². The molecular weight excluding hydrogens is 266 g/mol. The van der Waals surface area contributed by atoms with Gasteiger partial charge in [0.05, 0.1) is 16.7 Å². The molecule has 0 spiro atoms. The maximum Gasteiger partial charge on any atom is 0.336 e. The number of aromatic nitrogens is 1. The summed E-state index contributed by atoms with van der Waals surface area (Å²) < 4.78 is 5.76. The Labute approximate surface area is 123 Å². The minimum atomic E-state index is -0.910. The van der Waals surface area contributed by atoms with Gasteiger partial charge in [0, 0.05) is 18.2 Å². The summed E-state index contributed by atoms with van der Waals surface area (Å²) in [6, 6.07) is 7.52. The molecular formula is C17H19NO3. The average Bonchev–Trinajstić information content (AvgIpc) is 2.44. The standard InChI is InChI=1S/C17H19NO3/c1-17(2)10-12(6-8-21-17)11-3-4-15-14(9-11)13(16(19)20)5-7-18-15/h3-5,7,9,12H,6,8,10H2,1-2H3,(H,19,20)/t12-/m0/s1. The van der Waals surface area contributed by atoms with E-state index in [1.54, 1.807) is 12.3 Å². The van der Waals surface area contributed by atoms with Crippen molar-refractivity contribution in [2.24, 2.45) is 0 Å². The van der Waals surface area contributed by atoms with E-state index >= 15 is 0 Å². The molecule has 1 aromatic heterocycles. The molecule has 1 aliphatic heterocycles. The van der Waals surface area contributed by atoms with Crippen molar-refractivity contribution in [1.29, 1.82) is 0 Å². The first kappa shape index (κ1) is 14.0. The van der Waals surface area contributed by atoms with Gasteiger partial charge in [-0.3, -0.25) is 4.98 Å². The number of carbonyl (C=O) groups is 1. The number of carboxylic acid groups (broad SMARTS) is 1. The lowest BCUT2D eigenvalue weighted by atomic mass is 9.83. The van der Waals surface area contributed by atoms with Crippen molar-refractivity contribution in [2.45, 2.75) is 38.2 Å². The molecule has 0 aliphatic carbocycles. The largest absolute Gasteiger partial charge is 0.478 e. The van der Waals surface area contributed by atoms with Crippen LogP contribution < -0.4 is 0 Å². The third kappa shape index (κ3) is 2.76. The van der Waals surface area contributed by atoms with Gasteiger partial charge in [0.25, 0.3) is 0 Å². The van der Waals surface area contributed by atoms with Crippen LogP contribution in [0.15, 0.2) is 30.5 Å². The van der Waals surface area contributed by atoms with Crippen LogP contribution >= 0.6 is 0 Å². The number of carboxylic acids is 1. The highest BCUT2D eigenvalue weighted by atomic mass is 16.5. The maximum absolute atomic E-state index is 11.4. The SMILES string of the molecule is CC1(C)C[C@@H](c2ccc3nccc(C(=O)O)c3c2)CCO1. The van der Waals surface area contributed by atoms with Gasteiger partial charge in [-0.2, -0.15) is 0 Å². The zero-order valence-electron chi connectivity index (χ0n) is 12.3. The van der Waals surface area contributed by atoms with Crippen molar-refractivity contribution >= 4 is 16.9 Å². The Morgan fingerprint density at radius 3 is 2.90 bits per heavy atom. The third-order valence-corrected chi connectivity index (χ3v) is 4.16. The molecule has 0 unspecified atom stereocenters. The summed E-state index contributed by atoms with van der Waals surface area (Å²) in [5.41, 5.74) is 2.09. The number of fused-ring (bicyclic) bond motifs is 1. The second-order valence-electron chi connectivity index (χ2n) is 6.24. The van der Waals surface area contributed by atoms with Gasteiger partial charge in [-0.15, -0.1) is 0 Å². The second kappa shape index (κ2) is 5.11. The molecule has 4 nitrogen and oxygen atoms in total. The summed E-state index contributed by atoms with van der Waals surface area (Å²) in [4.78, 5) is 15.6. The fourth-order valence-corrected chi connectivity index (χ4v) is 3.12. The molecule has 1 N–H and O–H groups in total. The second-order valence-corrected chi connectivity index (χ2v) is 6.24. The first-order chi connectivity index (χ1) is 9.96. The summed E-state index contributed by atoms with van der Waals surface area (Å²) in [5, 5.41) is 10.0. The van der Waals surface area contributed by atoms with Crippen LogP contribution in [0.1, 0.15) is 48.5 Å². The van der Waals surface area contributed by atoms with Crippen molar-refractivity contribution in [2.75, 3.05) is 6.61 Å². The van der Waals surface area contributed by atoms with E-state index in [1.165, 1.54) is 5.56 Å². The third-order valence-electron chi connectivity index (χ3n) is 4.16. The van der Waals surface area contributed by atoms with Crippen LogP contribution in [-0.4, -0.2) is 28.3 Å². The Bertz CT molecular complexity index is 693. The van der Waals surface area contributed by atoms with E-state index in [-0.39, 0.29) is 5.60 Å². The minimum Gasteiger partial charge on any atom is -0.478 e. The van der Waals surface area contributed by atoms with Crippen LogP contribution in [0.4, 0.5) is 0 Å². The van der Waals surface area contributed by atoms with Crippen LogP contribution in [0.2, 0.25) is 0 Å². The van der Waals surface area contributed by atoms with Gasteiger partial charge in [-0.25, -0.2) is 4.79 Å². The molecule has 2 heterocycles. The number of ether oxygens (including phenoxy) is 1. The fourth-order valence-electron chi connectivity index (χ4n) is 3.12. The molecule has 3 rings (SSSR count). The molecule has 1 saturated heterocycles. The summed E-state index contributed by atoms with van der Waals surface area (Å²) >= 11 is 0. The van der Waals surface area contributed by atoms with Crippen molar-refractivity contribution in [3.8, 4) is 0 Å². The van der Waals surface area contributed by atoms with Gasteiger partial charge in [-0.05, 0) is 56.4 Å². The predicted molar refractivity (Wildman–Crippen MR) is 80.7 cm³/mol. The number of hydrogen-bond donors (Lipinski definition) is 1. The lowest BCUT2D eigenvalue weighted by molar-refractivity contribution is -0.0592. The van der Waals surface area contributed by atoms with Crippen molar-refractivity contribution in [3.05, 3.63) is 41.6 Å². The Kier molecular flexibility index (Phi) is 3.41. The number of nitrogens with zero attached hydrogens (tertiary/aromatic N) is 1. The van der Waals surface area contributed by atoms with Crippen LogP contribution in [0.25, 0.3) is 10.9 Å². The quantitative estimate of drug-likeness (QED) is 0.915. The normalized spacial score (nSPS) is 21.3.